The minimum atomic E-state index is -0.481. The Kier molecular flexibility index (Phi) is 6.46. The molecule has 1 N–H and O–H groups in total. The van der Waals surface area contributed by atoms with Gasteiger partial charge in [0.1, 0.15) is 11.6 Å². The summed E-state index contributed by atoms with van der Waals surface area (Å²) in [5, 5.41) is 3.16. The highest BCUT2D eigenvalue weighted by molar-refractivity contribution is 6.40. The molecular weight excluding hydrogens is 352 g/mol. The lowest BCUT2D eigenvalue weighted by Gasteiger charge is -2.18. The van der Waals surface area contributed by atoms with Gasteiger partial charge in [0.15, 0.2) is 0 Å². The fourth-order valence-corrected chi connectivity index (χ4v) is 2.85. The smallest absolute Gasteiger partial charge is 0.258 e. The maximum absolute atomic E-state index is 13.5. The van der Waals surface area contributed by atoms with Crippen molar-refractivity contribution in [2.75, 3.05) is 5.32 Å². The van der Waals surface area contributed by atoms with Crippen molar-refractivity contribution in [2.45, 2.75) is 32.8 Å². The summed E-state index contributed by atoms with van der Waals surface area (Å²) in [5.74, 6) is -0.653. The predicted molar refractivity (Wildman–Crippen MR) is 95.8 cm³/mol. The van der Waals surface area contributed by atoms with E-state index >= 15 is 0 Å². The molecule has 2 rings (SSSR count). The zero-order valence-electron chi connectivity index (χ0n) is 13.4. The molecule has 1 amide bonds. The minimum absolute atomic E-state index is 0.101. The van der Waals surface area contributed by atoms with Crippen LogP contribution in [0.4, 0.5) is 10.1 Å². The standard InChI is InChI=1S/C18H18Cl2FNO2/c1-3-5-11(2)24-16-10-12(21)8-9-15(16)22-18(23)17-13(19)6-4-7-14(17)20/h4,6-11H,3,5H2,1-2H3,(H,22,23). The summed E-state index contributed by atoms with van der Waals surface area (Å²) < 4.78 is 19.3. The van der Waals surface area contributed by atoms with Crippen molar-refractivity contribution in [3.63, 3.8) is 0 Å². The van der Waals surface area contributed by atoms with Gasteiger partial charge in [-0.15, -0.1) is 0 Å². The number of rotatable bonds is 6. The van der Waals surface area contributed by atoms with Crippen LogP contribution in [0.15, 0.2) is 36.4 Å². The number of benzene rings is 2. The number of hydrogen-bond acceptors (Lipinski definition) is 2. The molecule has 0 saturated heterocycles. The predicted octanol–water partition coefficient (Wildman–Crippen LogP) is 5.95. The second-order valence-corrected chi connectivity index (χ2v) is 6.22. The Hall–Kier alpha value is -1.78. The third-order valence-electron chi connectivity index (χ3n) is 3.41. The lowest BCUT2D eigenvalue weighted by atomic mass is 10.2. The summed E-state index contributed by atoms with van der Waals surface area (Å²) in [7, 11) is 0. The van der Waals surface area contributed by atoms with E-state index in [9.17, 15) is 9.18 Å². The van der Waals surface area contributed by atoms with Crippen molar-refractivity contribution >= 4 is 34.8 Å². The molecule has 0 bridgehead atoms. The molecule has 0 spiro atoms. The molecule has 6 heteroatoms. The first kappa shape index (κ1) is 18.6. The zero-order chi connectivity index (χ0) is 17.7. The topological polar surface area (TPSA) is 38.3 Å². The van der Waals surface area contributed by atoms with Gasteiger partial charge in [-0.2, -0.15) is 0 Å². The van der Waals surface area contributed by atoms with Crippen LogP contribution in [0.1, 0.15) is 37.0 Å². The number of anilines is 1. The number of nitrogens with one attached hydrogen (secondary N) is 1. The van der Waals surface area contributed by atoms with Gasteiger partial charge in [0, 0.05) is 6.07 Å². The van der Waals surface area contributed by atoms with E-state index < -0.39 is 11.7 Å². The van der Waals surface area contributed by atoms with Gasteiger partial charge < -0.3 is 10.1 Å². The molecule has 2 aromatic carbocycles. The van der Waals surface area contributed by atoms with Crippen LogP contribution in [-0.2, 0) is 0 Å². The molecule has 0 radical (unpaired) electrons. The summed E-state index contributed by atoms with van der Waals surface area (Å²) in [4.78, 5) is 12.5. The molecular formula is C18H18Cl2FNO2. The Labute approximate surface area is 150 Å². The van der Waals surface area contributed by atoms with Gasteiger partial charge in [-0.25, -0.2) is 4.39 Å². The van der Waals surface area contributed by atoms with E-state index in [0.29, 0.717) is 5.69 Å². The minimum Gasteiger partial charge on any atom is -0.488 e. The van der Waals surface area contributed by atoms with Crippen LogP contribution in [0.5, 0.6) is 5.75 Å². The fourth-order valence-electron chi connectivity index (χ4n) is 2.28. The molecule has 3 nitrogen and oxygen atoms in total. The highest BCUT2D eigenvalue weighted by Crippen LogP contribution is 2.30. The van der Waals surface area contributed by atoms with Gasteiger partial charge in [-0.3, -0.25) is 4.79 Å². The van der Waals surface area contributed by atoms with Crippen LogP contribution in [0.2, 0.25) is 10.0 Å². The number of carbonyl (C=O) groups excluding carboxylic acids is 1. The van der Waals surface area contributed by atoms with E-state index in [0.717, 1.165) is 12.8 Å². The average molecular weight is 370 g/mol. The number of hydrogen-bond donors (Lipinski definition) is 1. The van der Waals surface area contributed by atoms with Crippen molar-refractivity contribution in [3.05, 3.63) is 57.8 Å². The molecule has 0 aliphatic heterocycles. The van der Waals surface area contributed by atoms with Gasteiger partial charge in [0.05, 0.1) is 27.4 Å². The maximum Gasteiger partial charge on any atom is 0.258 e. The van der Waals surface area contributed by atoms with Crippen LogP contribution < -0.4 is 10.1 Å². The molecule has 0 aromatic heterocycles. The number of carbonyl (C=O) groups is 1. The van der Waals surface area contributed by atoms with Gasteiger partial charge in [-0.1, -0.05) is 42.6 Å². The Morgan fingerprint density at radius 2 is 1.92 bits per heavy atom. The molecule has 24 heavy (non-hydrogen) atoms. The van der Waals surface area contributed by atoms with E-state index in [1.165, 1.54) is 18.2 Å². The van der Waals surface area contributed by atoms with Crippen molar-refractivity contribution in [2.24, 2.45) is 0 Å². The molecule has 0 aliphatic rings. The summed E-state index contributed by atoms with van der Waals surface area (Å²) in [6.07, 6.45) is 1.66. The third-order valence-corrected chi connectivity index (χ3v) is 4.03. The van der Waals surface area contributed by atoms with Crippen molar-refractivity contribution in [1.82, 2.24) is 0 Å². The summed E-state index contributed by atoms with van der Waals surface area (Å²) in [6, 6.07) is 8.75. The molecule has 2 aromatic rings. The van der Waals surface area contributed by atoms with Gasteiger partial charge in [0.2, 0.25) is 0 Å². The lowest BCUT2D eigenvalue weighted by Crippen LogP contribution is -2.16. The Morgan fingerprint density at radius 1 is 1.25 bits per heavy atom. The SMILES string of the molecule is CCCC(C)Oc1cc(F)ccc1NC(=O)c1c(Cl)cccc1Cl. The highest BCUT2D eigenvalue weighted by Gasteiger charge is 2.17. The monoisotopic (exact) mass is 369 g/mol. The largest absolute Gasteiger partial charge is 0.488 e. The van der Waals surface area contributed by atoms with Crippen LogP contribution in [-0.4, -0.2) is 12.0 Å². The summed E-state index contributed by atoms with van der Waals surface area (Å²) in [5.41, 5.74) is 0.526. The zero-order valence-corrected chi connectivity index (χ0v) is 14.9. The summed E-state index contributed by atoms with van der Waals surface area (Å²) in [6.45, 7) is 3.93. The van der Waals surface area contributed by atoms with Crippen LogP contribution >= 0.6 is 23.2 Å². The first-order chi connectivity index (χ1) is 11.4. The molecule has 0 saturated carbocycles. The van der Waals surface area contributed by atoms with Gasteiger partial charge in [0.25, 0.3) is 5.91 Å². The maximum atomic E-state index is 13.5. The van der Waals surface area contributed by atoms with Crippen molar-refractivity contribution < 1.29 is 13.9 Å². The molecule has 1 atom stereocenters. The Balaban J connectivity index is 2.27. The quantitative estimate of drug-likeness (QED) is 0.682. The normalized spacial score (nSPS) is 11.9. The Bertz CT molecular complexity index is 717. The Morgan fingerprint density at radius 3 is 2.54 bits per heavy atom. The summed E-state index contributed by atoms with van der Waals surface area (Å²) >= 11 is 12.1. The molecule has 1 unspecified atom stereocenters. The second kappa shape index (κ2) is 8.36. The highest BCUT2D eigenvalue weighted by atomic mass is 35.5. The lowest BCUT2D eigenvalue weighted by molar-refractivity contribution is 0.102. The van der Waals surface area contributed by atoms with Gasteiger partial charge >= 0.3 is 0 Å². The average Bonchev–Trinajstić information content (AvgIpc) is 2.50. The first-order valence-corrected chi connectivity index (χ1v) is 8.39. The van der Waals surface area contributed by atoms with Gasteiger partial charge in [-0.05, 0) is 37.6 Å². The number of halogens is 3. The molecule has 128 valence electrons. The first-order valence-electron chi connectivity index (χ1n) is 7.64. The fraction of sp³-hybridized carbons (Fsp3) is 0.278. The molecule has 0 aliphatic carbocycles. The third kappa shape index (κ3) is 4.62. The second-order valence-electron chi connectivity index (χ2n) is 5.41. The van der Waals surface area contributed by atoms with E-state index in [-0.39, 0.29) is 27.5 Å². The van der Waals surface area contributed by atoms with E-state index in [2.05, 4.69) is 5.32 Å². The molecule has 0 heterocycles. The number of amides is 1. The van der Waals surface area contributed by atoms with Crippen molar-refractivity contribution in [1.29, 1.82) is 0 Å². The van der Waals surface area contributed by atoms with Crippen molar-refractivity contribution in [3.8, 4) is 5.75 Å². The molecule has 0 fully saturated rings. The van der Waals surface area contributed by atoms with E-state index in [1.807, 2.05) is 13.8 Å². The van der Waals surface area contributed by atoms with E-state index in [1.54, 1.807) is 18.2 Å². The van der Waals surface area contributed by atoms with Crippen LogP contribution in [0.25, 0.3) is 0 Å². The van der Waals surface area contributed by atoms with Crippen LogP contribution in [0, 0.1) is 5.82 Å². The van der Waals surface area contributed by atoms with E-state index in [4.69, 9.17) is 27.9 Å². The number of ether oxygens (including phenoxy) is 1. The van der Waals surface area contributed by atoms with Crippen LogP contribution in [0.3, 0.4) is 0 Å².